The largest absolute Gasteiger partial charge is 0.444 e. The topological polar surface area (TPSA) is 92.7 Å². The molecule has 0 aromatic heterocycles. The van der Waals surface area contributed by atoms with Gasteiger partial charge in [0, 0.05) is 5.54 Å². The average Bonchev–Trinajstić information content (AvgIpc) is 2.78. The molecule has 2 aliphatic carbocycles. The van der Waals surface area contributed by atoms with Gasteiger partial charge >= 0.3 is 6.09 Å². The summed E-state index contributed by atoms with van der Waals surface area (Å²) in [6.07, 6.45) is 4.29. The van der Waals surface area contributed by atoms with Crippen molar-refractivity contribution in [3.05, 3.63) is 0 Å². The van der Waals surface area contributed by atoms with Crippen LogP contribution in [0.5, 0.6) is 0 Å². The number of carbonyl (C=O) groups is 1. The zero-order valence-corrected chi connectivity index (χ0v) is 13.8. The van der Waals surface area contributed by atoms with Gasteiger partial charge in [-0.15, -0.1) is 0 Å². The summed E-state index contributed by atoms with van der Waals surface area (Å²) in [6, 6.07) is 0. The number of fused-ring (bicyclic) bond motifs is 2. The molecule has 2 rings (SSSR count). The van der Waals surface area contributed by atoms with Crippen LogP contribution in [0.4, 0.5) is 4.79 Å². The fourth-order valence-electron chi connectivity index (χ4n) is 3.70. The summed E-state index contributed by atoms with van der Waals surface area (Å²) in [5.41, 5.74) is -0.855. The minimum absolute atomic E-state index is 0.0647. The molecule has 122 valence electrons. The summed E-state index contributed by atoms with van der Waals surface area (Å²) in [5.74, 6) is -0.199. The predicted octanol–water partition coefficient (Wildman–Crippen LogP) is 2.49. The van der Waals surface area contributed by atoms with Crippen molar-refractivity contribution in [1.82, 2.24) is 5.32 Å². The average molecular weight is 319 g/mol. The maximum Gasteiger partial charge on any atom is 0.408 e. The Kier molecular flexibility index (Phi) is 4.04. The molecule has 0 radical (unpaired) electrons. The third-order valence-electron chi connectivity index (χ3n) is 4.64. The molecule has 21 heavy (non-hydrogen) atoms. The smallest absolute Gasteiger partial charge is 0.408 e. The number of hydrogen-bond acceptors (Lipinski definition) is 4. The van der Waals surface area contributed by atoms with Crippen molar-refractivity contribution >= 4 is 16.2 Å². The van der Waals surface area contributed by atoms with Crippen LogP contribution in [-0.4, -0.2) is 36.0 Å². The molecule has 7 heteroatoms. The Hall–Kier alpha value is -0.820. The van der Waals surface area contributed by atoms with E-state index in [4.69, 9.17) is 9.29 Å². The van der Waals surface area contributed by atoms with Crippen molar-refractivity contribution in [2.45, 2.75) is 70.4 Å². The molecule has 2 aliphatic rings. The lowest BCUT2D eigenvalue weighted by Crippen LogP contribution is -2.47. The Morgan fingerprint density at radius 1 is 1.24 bits per heavy atom. The lowest BCUT2D eigenvalue weighted by molar-refractivity contribution is 0.0458. The van der Waals surface area contributed by atoms with E-state index in [1.54, 1.807) is 0 Å². The molecule has 2 bridgehead atoms. The van der Waals surface area contributed by atoms with Crippen molar-refractivity contribution in [3.63, 3.8) is 0 Å². The van der Waals surface area contributed by atoms with Crippen molar-refractivity contribution in [2.75, 3.05) is 5.75 Å². The second-order valence-electron chi connectivity index (χ2n) is 7.62. The highest BCUT2D eigenvalue weighted by molar-refractivity contribution is 7.85. The summed E-state index contributed by atoms with van der Waals surface area (Å²) in [6.45, 7) is 5.47. The first-order valence-corrected chi connectivity index (χ1v) is 9.00. The number of carbonyl (C=O) groups excluding carboxylic acids is 1. The maximum absolute atomic E-state index is 11.9. The molecule has 0 aromatic carbocycles. The molecule has 2 N–H and O–H groups in total. The number of nitrogens with one attached hydrogen (secondary N) is 1. The Morgan fingerprint density at radius 3 is 2.29 bits per heavy atom. The van der Waals surface area contributed by atoms with Crippen LogP contribution in [-0.2, 0) is 14.9 Å². The van der Waals surface area contributed by atoms with Gasteiger partial charge < -0.3 is 10.1 Å². The van der Waals surface area contributed by atoms with E-state index in [0.717, 1.165) is 32.1 Å². The fraction of sp³-hybridized carbons (Fsp3) is 0.929. The molecule has 2 fully saturated rings. The molecule has 0 heterocycles. The highest BCUT2D eigenvalue weighted by Gasteiger charge is 2.55. The van der Waals surface area contributed by atoms with Gasteiger partial charge in [-0.3, -0.25) is 4.55 Å². The quantitative estimate of drug-likeness (QED) is 0.777. The zero-order valence-electron chi connectivity index (χ0n) is 12.9. The fourth-order valence-corrected chi connectivity index (χ4v) is 4.39. The van der Waals surface area contributed by atoms with E-state index in [1.165, 1.54) is 0 Å². The molecule has 0 saturated heterocycles. The van der Waals surface area contributed by atoms with E-state index < -0.39 is 21.8 Å². The minimum atomic E-state index is -3.92. The van der Waals surface area contributed by atoms with Gasteiger partial charge in [-0.25, -0.2) is 4.79 Å². The van der Waals surface area contributed by atoms with E-state index in [-0.39, 0.29) is 16.7 Å². The Balaban J connectivity index is 1.94. The standard InChI is InChI=1S/C14H25NO5S/c1-12(2,3)20-11(16)15-14-6-4-13(10-14,5-7-14)8-9-21(17,18)19/h4-10H2,1-3H3,(H,15,16)(H,17,18,19). The second kappa shape index (κ2) is 5.12. The van der Waals surface area contributed by atoms with Gasteiger partial charge in [-0.2, -0.15) is 8.42 Å². The lowest BCUT2D eigenvalue weighted by atomic mass is 9.82. The highest BCUT2D eigenvalue weighted by atomic mass is 32.2. The molecular weight excluding hydrogens is 294 g/mol. The SMILES string of the molecule is CC(C)(C)OC(=O)NC12CCC(CCS(=O)(=O)O)(CC1)C2. The van der Waals surface area contributed by atoms with E-state index >= 15 is 0 Å². The number of alkyl carbamates (subject to hydrolysis) is 1. The predicted molar refractivity (Wildman–Crippen MR) is 78.7 cm³/mol. The number of hydrogen-bond donors (Lipinski definition) is 2. The molecule has 0 unspecified atom stereocenters. The first kappa shape index (κ1) is 16.5. The molecule has 2 saturated carbocycles. The summed E-state index contributed by atoms with van der Waals surface area (Å²) in [7, 11) is -3.92. The minimum Gasteiger partial charge on any atom is -0.444 e. The van der Waals surface area contributed by atoms with E-state index in [9.17, 15) is 13.2 Å². The van der Waals surface area contributed by atoms with E-state index in [1.807, 2.05) is 20.8 Å². The lowest BCUT2D eigenvalue weighted by Gasteiger charge is -2.30. The molecule has 0 atom stereocenters. The van der Waals surface area contributed by atoms with E-state index in [0.29, 0.717) is 6.42 Å². The third-order valence-corrected chi connectivity index (χ3v) is 5.36. The van der Waals surface area contributed by atoms with Crippen LogP contribution in [0.1, 0.15) is 59.3 Å². The summed E-state index contributed by atoms with van der Waals surface area (Å²) in [4.78, 5) is 11.9. The van der Waals surface area contributed by atoms with Gasteiger partial charge in [-0.1, -0.05) is 0 Å². The zero-order chi connectivity index (χ0) is 15.9. The Bertz CT molecular complexity index is 512. The van der Waals surface area contributed by atoms with E-state index in [2.05, 4.69) is 5.32 Å². The summed E-state index contributed by atoms with van der Waals surface area (Å²) >= 11 is 0. The highest BCUT2D eigenvalue weighted by Crippen LogP contribution is 2.58. The van der Waals surface area contributed by atoms with Gasteiger partial charge in [0.1, 0.15) is 5.60 Å². The van der Waals surface area contributed by atoms with Gasteiger partial charge in [0.2, 0.25) is 0 Å². The van der Waals surface area contributed by atoms with Gasteiger partial charge in [-0.05, 0) is 64.7 Å². The number of rotatable bonds is 4. The molecule has 0 spiro atoms. The van der Waals surface area contributed by atoms with Gasteiger partial charge in [0.25, 0.3) is 10.1 Å². The van der Waals surface area contributed by atoms with Gasteiger partial charge in [0.05, 0.1) is 5.75 Å². The molecule has 0 aliphatic heterocycles. The summed E-state index contributed by atoms with van der Waals surface area (Å²) in [5, 5.41) is 2.99. The van der Waals surface area contributed by atoms with Crippen molar-refractivity contribution in [1.29, 1.82) is 0 Å². The third kappa shape index (κ3) is 4.32. The molecule has 1 amide bonds. The van der Waals surface area contributed by atoms with Crippen molar-refractivity contribution in [3.8, 4) is 0 Å². The Morgan fingerprint density at radius 2 is 1.81 bits per heavy atom. The van der Waals surface area contributed by atoms with Gasteiger partial charge in [0.15, 0.2) is 0 Å². The molecule has 0 aromatic rings. The molecular formula is C14H25NO5S. The van der Waals surface area contributed by atoms with Crippen LogP contribution in [0, 0.1) is 5.41 Å². The van der Waals surface area contributed by atoms with Crippen LogP contribution >= 0.6 is 0 Å². The van der Waals surface area contributed by atoms with Crippen LogP contribution in [0.25, 0.3) is 0 Å². The van der Waals surface area contributed by atoms with Crippen molar-refractivity contribution in [2.24, 2.45) is 5.41 Å². The maximum atomic E-state index is 11.9. The monoisotopic (exact) mass is 319 g/mol. The van der Waals surface area contributed by atoms with Crippen LogP contribution in [0.15, 0.2) is 0 Å². The number of amides is 1. The van der Waals surface area contributed by atoms with Crippen LogP contribution in [0.2, 0.25) is 0 Å². The second-order valence-corrected chi connectivity index (χ2v) is 9.19. The van der Waals surface area contributed by atoms with Crippen LogP contribution < -0.4 is 5.32 Å². The Labute approximate surface area is 126 Å². The number of ether oxygens (including phenoxy) is 1. The normalized spacial score (nSPS) is 32.2. The summed E-state index contributed by atoms with van der Waals surface area (Å²) < 4.78 is 36.1. The van der Waals surface area contributed by atoms with Crippen LogP contribution in [0.3, 0.4) is 0 Å². The first-order valence-electron chi connectivity index (χ1n) is 7.39. The first-order chi connectivity index (χ1) is 9.43. The molecule has 6 nitrogen and oxygen atoms in total. The van der Waals surface area contributed by atoms with Crippen molar-refractivity contribution < 1.29 is 22.5 Å².